The summed E-state index contributed by atoms with van der Waals surface area (Å²) in [6, 6.07) is 4.08. The molecular weight excluding hydrogens is 332 g/mol. The molecule has 23 heavy (non-hydrogen) atoms. The SMILES string of the molecule is N#CCn1cc(C(=C2SCCCS2)c2cn(CC#N)nn2)nn1. The van der Waals surface area contributed by atoms with Crippen LogP contribution in [0.4, 0.5) is 0 Å². The predicted octanol–water partition coefficient (Wildman–Crippen LogP) is 1.50. The highest BCUT2D eigenvalue weighted by Gasteiger charge is 2.21. The molecule has 10 heteroatoms. The predicted molar refractivity (Wildman–Crippen MR) is 86.8 cm³/mol. The first-order chi connectivity index (χ1) is 11.3. The summed E-state index contributed by atoms with van der Waals surface area (Å²) >= 11 is 3.53. The minimum Gasteiger partial charge on any atom is -0.238 e. The number of rotatable bonds is 4. The largest absolute Gasteiger partial charge is 0.238 e. The summed E-state index contributed by atoms with van der Waals surface area (Å²) in [5, 5.41) is 33.9. The summed E-state index contributed by atoms with van der Waals surface area (Å²) in [6.45, 7) is 0.300. The van der Waals surface area contributed by atoms with Crippen LogP contribution >= 0.6 is 23.5 Å². The van der Waals surface area contributed by atoms with Gasteiger partial charge in [0.15, 0.2) is 0 Å². The van der Waals surface area contributed by atoms with Crippen LogP contribution in [0.5, 0.6) is 0 Å². The van der Waals surface area contributed by atoms with Crippen molar-refractivity contribution in [2.75, 3.05) is 11.5 Å². The van der Waals surface area contributed by atoms with E-state index in [0.717, 1.165) is 27.7 Å². The van der Waals surface area contributed by atoms with Gasteiger partial charge in [-0.05, 0) is 17.9 Å². The maximum Gasteiger partial charge on any atom is 0.129 e. The smallest absolute Gasteiger partial charge is 0.129 e. The first kappa shape index (κ1) is 15.6. The number of hydrogen-bond acceptors (Lipinski definition) is 8. The van der Waals surface area contributed by atoms with Gasteiger partial charge in [-0.2, -0.15) is 10.5 Å². The Morgan fingerprint density at radius 3 is 2.00 bits per heavy atom. The molecule has 0 N–H and O–H groups in total. The van der Waals surface area contributed by atoms with E-state index >= 15 is 0 Å². The summed E-state index contributed by atoms with van der Waals surface area (Å²) in [7, 11) is 0. The third-order valence-electron chi connectivity index (χ3n) is 3.01. The molecule has 3 rings (SSSR count). The molecule has 0 unspecified atom stereocenters. The van der Waals surface area contributed by atoms with Crippen LogP contribution in [0, 0.1) is 22.7 Å². The van der Waals surface area contributed by atoms with Crippen LogP contribution in [0.1, 0.15) is 17.8 Å². The number of hydrogen-bond donors (Lipinski definition) is 0. The molecule has 1 fully saturated rings. The maximum atomic E-state index is 8.78. The van der Waals surface area contributed by atoms with Crippen molar-refractivity contribution in [2.24, 2.45) is 0 Å². The monoisotopic (exact) mass is 344 g/mol. The fraction of sp³-hybridized carbons (Fsp3) is 0.385. The lowest BCUT2D eigenvalue weighted by Crippen LogP contribution is -1.98. The number of nitrogens with zero attached hydrogens (tertiary/aromatic N) is 8. The Hall–Kier alpha value is -2.30. The van der Waals surface area contributed by atoms with Crippen LogP contribution in [0.15, 0.2) is 16.6 Å². The van der Waals surface area contributed by atoms with E-state index in [1.165, 1.54) is 9.36 Å². The average Bonchev–Trinajstić information content (AvgIpc) is 3.20. The Morgan fingerprint density at radius 1 is 1.00 bits per heavy atom. The van der Waals surface area contributed by atoms with Gasteiger partial charge in [-0.25, -0.2) is 9.36 Å². The minimum atomic E-state index is 0.150. The van der Waals surface area contributed by atoms with Crippen molar-refractivity contribution < 1.29 is 0 Å². The lowest BCUT2D eigenvalue weighted by atomic mass is 10.2. The van der Waals surface area contributed by atoms with E-state index in [0.29, 0.717) is 11.4 Å². The van der Waals surface area contributed by atoms with E-state index in [2.05, 4.69) is 20.6 Å². The van der Waals surface area contributed by atoms with Crippen molar-refractivity contribution in [2.45, 2.75) is 19.5 Å². The summed E-state index contributed by atoms with van der Waals surface area (Å²) in [5.74, 6) is 2.09. The molecule has 1 aliphatic heterocycles. The Balaban J connectivity index is 2.02. The molecule has 2 aromatic rings. The Bertz CT molecular complexity index is 742. The first-order valence-electron chi connectivity index (χ1n) is 6.86. The van der Waals surface area contributed by atoms with Gasteiger partial charge in [-0.1, -0.05) is 10.4 Å². The topological polar surface area (TPSA) is 109 Å². The molecule has 0 spiro atoms. The molecule has 8 nitrogen and oxygen atoms in total. The molecule has 1 aliphatic rings. The molecule has 0 amide bonds. The molecular formula is C13H12N8S2. The van der Waals surface area contributed by atoms with Crippen molar-refractivity contribution >= 4 is 29.1 Å². The minimum absolute atomic E-state index is 0.150. The van der Waals surface area contributed by atoms with Crippen LogP contribution in [-0.4, -0.2) is 41.5 Å². The van der Waals surface area contributed by atoms with E-state index in [9.17, 15) is 0 Å². The van der Waals surface area contributed by atoms with Crippen molar-refractivity contribution in [1.82, 2.24) is 30.0 Å². The molecule has 3 heterocycles. The molecule has 0 bridgehead atoms. The molecule has 0 aromatic carbocycles. The summed E-state index contributed by atoms with van der Waals surface area (Å²) in [5.41, 5.74) is 2.20. The van der Waals surface area contributed by atoms with Gasteiger partial charge in [0, 0.05) is 0 Å². The van der Waals surface area contributed by atoms with Gasteiger partial charge in [0.2, 0.25) is 0 Å². The average molecular weight is 344 g/mol. The van der Waals surface area contributed by atoms with Crippen LogP contribution in [0.25, 0.3) is 5.57 Å². The van der Waals surface area contributed by atoms with E-state index in [1.807, 2.05) is 12.1 Å². The molecule has 116 valence electrons. The van der Waals surface area contributed by atoms with Crippen LogP contribution in [0.2, 0.25) is 0 Å². The molecule has 2 aromatic heterocycles. The van der Waals surface area contributed by atoms with Crippen LogP contribution in [-0.2, 0) is 13.1 Å². The van der Waals surface area contributed by atoms with Gasteiger partial charge in [0.25, 0.3) is 0 Å². The third-order valence-corrected chi connectivity index (χ3v) is 5.64. The molecule has 0 aliphatic carbocycles. The van der Waals surface area contributed by atoms with Gasteiger partial charge < -0.3 is 0 Å². The Morgan fingerprint density at radius 2 is 1.52 bits per heavy atom. The molecule has 0 atom stereocenters. The summed E-state index contributed by atoms with van der Waals surface area (Å²) in [4.78, 5) is 0. The molecule has 1 saturated heterocycles. The highest BCUT2D eigenvalue weighted by molar-refractivity contribution is 8.23. The van der Waals surface area contributed by atoms with Gasteiger partial charge in [-0.3, -0.25) is 0 Å². The quantitative estimate of drug-likeness (QED) is 0.821. The number of nitriles is 2. The standard InChI is InChI=1S/C13H12N8S2/c14-2-4-20-8-10(16-18-20)12(13-22-6-1-7-23-13)11-9-21(5-3-15)19-17-11/h8-9H,1,4-7H2. The fourth-order valence-corrected chi connectivity index (χ4v) is 4.71. The number of thioether (sulfide) groups is 2. The van der Waals surface area contributed by atoms with E-state index in [4.69, 9.17) is 10.5 Å². The second kappa shape index (κ2) is 7.31. The molecule has 0 radical (unpaired) electrons. The van der Waals surface area contributed by atoms with Gasteiger partial charge >= 0.3 is 0 Å². The second-order valence-electron chi connectivity index (χ2n) is 4.63. The van der Waals surface area contributed by atoms with E-state index in [-0.39, 0.29) is 13.1 Å². The number of aromatic nitrogens is 6. The van der Waals surface area contributed by atoms with Gasteiger partial charge in [0.1, 0.15) is 24.5 Å². The molecule has 0 saturated carbocycles. The normalized spacial score (nSPS) is 14.3. The van der Waals surface area contributed by atoms with Crippen molar-refractivity contribution in [3.8, 4) is 12.1 Å². The van der Waals surface area contributed by atoms with E-state index in [1.54, 1.807) is 35.9 Å². The highest BCUT2D eigenvalue weighted by atomic mass is 32.2. The van der Waals surface area contributed by atoms with E-state index < -0.39 is 0 Å². The highest BCUT2D eigenvalue weighted by Crippen LogP contribution is 2.41. The zero-order valence-electron chi connectivity index (χ0n) is 12.1. The lowest BCUT2D eigenvalue weighted by Gasteiger charge is -2.15. The van der Waals surface area contributed by atoms with Crippen molar-refractivity contribution in [3.05, 3.63) is 28.0 Å². The van der Waals surface area contributed by atoms with Crippen molar-refractivity contribution in [1.29, 1.82) is 10.5 Å². The fourth-order valence-electron chi connectivity index (χ4n) is 2.04. The van der Waals surface area contributed by atoms with Crippen LogP contribution in [0.3, 0.4) is 0 Å². The Labute approximate surface area is 141 Å². The van der Waals surface area contributed by atoms with Gasteiger partial charge in [-0.15, -0.1) is 33.7 Å². The summed E-state index contributed by atoms with van der Waals surface area (Å²) in [6.07, 6.45) is 4.64. The second-order valence-corrected chi connectivity index (χ2v) is 7.10. The summed E-state index contributed by atoms with van der Waals surface area (Å²) < 4.78 is 4.12. The Kier molecular flexibility index (Phi) is 4.95. The lowest BCUT2D eigenvalue weighted by molar-refractivity contribution is 0.668. The first-order valence-corrected chi connectivity index (χ1v) is 8.83. The maximum absolute atomic E-state index is 8.78. The zero-order chi connectivity index (χ0) is 16.1. The van der Waals surface area contributed by atoms with Crippen LogP contribution < -0.4 is 0 Å². The zero-order valence-corrected chi connectivity index (χ0v) is 13.7. The van der Waals surface area contributed by atoms with Crippen molar-refractivity contribution in [3.63, 3.8) is 0 Å². The third kappa shape index (κ3) is 3.55. The van der Waals surface area contributed by atoms with Gasteiger partial charge in [0.05, 0.1) is 34.3 Å².